The number of carbonyl (C=O) groups excluding carboxylic acids is 2. The molecule has 5 nitrogen and oxygen atoms in total. The van der Waals surface area contributed by atoms with Gasteiger partial charge in [-0.15, -0.1) is 11.3 Å². The highest BCUT2D eigenvalue weighted by molar-refractivity contribution is 7.14. The maximum absolute atomic E-state index is 13.2. The molecule has 0 saturated carbocycles. The van der Waals surface area contributed by atoms with Crippen LogP contribution in [0.25, 0.3) is 0 Å². The fraction of sp³-hybridized carbons (Fsp3) is 0.684. The van der Waals surface area contributed by atoms with Crippen molar-refractivity contribution in [3.05, 3.63) is 21.4 Å². The van der Waals surface area contributed by atoms with E-state index in [9.17, 15) is 9.59 Å². The summed E-state index contributed by atoms with van der Waals surface area (Å²) in [5.74, 6) is 0.332. The van der Waals surface area contributed by atoms with Gasteiger partial charge in [0.05, 0.1) is 10.3 Å². The highest BCUT2D eigenvalue weighted by atomic mass is 32.1. The fourth-order valence-corrected chi connectivity index (χ4v) is 5.19. The number of rotatable bonds is 3. The predicted molar refractivity (Wildman–Crippen MR) is 101 cm³/mol. The molecule has 1 aromatic heterocycles. The van der Waals surface area contributed by atoms with Gasteiger partial charge in [0.2, 0.25) is 5.91 Å². The normalized spacial score (nSPS) is 24.1. The van der Waals surface area contributed by atoms with Crippen LogP contribution >= 0.6 is 11.3 Å². The summed E-state index contributed by atoms with van der Waals surface area (Å²) in [5, 5.41) is 0. The zero-order chi connectivity index (χ0) is 18.2. The lowest BCUT2D eigenvalue weighted by atomic mass is 9.80. The molecule has 3 rings (SSSR count). The highest BCUT2D eigenvalue weighted by Crippen LogP contribution is 2.35. The van der Waals surface area contributed by atoms with Crippen LogP contribution in [0, 0.1) is 5.41 Å². The van der Waals surface area contributed by atoms with Crippen LogP contribution in [-0.4, -0.2) is 66.8 Å². The van der Waals surface area contributed by atoms with E-state index < -0.39 is 0 Å². The molecule has 1 atom stereocenters. The summed E-state index contributed by atoms with van der Waals surface area (Å²) in [6, 6.07) is 1.99. The van der Waals surface area contributed by atoms with Gasteiger partial charge in [0.25, 0.3) is 5.91 Å². The number of hydrogen-bond donors (Lipinski definition) is 0. The van der Waals surface area contributed by atoms with Gasteiger partial charge in [-0.2, -0.15) is 0 Å². The molecule has 2 aliphatic rings. The molecule has 138 valence electrons. The molecular formula is C19H29N3O2S. The second-order valence-electron chi connectivity index (χ2n) is 7.77. The average molecular weight is 364 g/mol. The van der Waals surface area contributed by atoms with Crippen molar-refractivity contribution in [2.45, 2.75) is 39.7 Å². The van der Waals surface area contributed by atoms with Crippen LogP contribution in [0.3, 0.4) is 0 Å². The Kier molecular flexibility index (Phi) is 5.21. The van der Waals surface area contributed by atoms with Gasteiger partial charge in [-0.1, -0.05) is 6.92 Å². The van der Waals surface area contributed by atoms with Gasteiger partial charge in [0.1, 0.15) is 0 Å². The van der Waals surface area contributed by atoms with Crippen molar-refractivity contribution in [2.24, 2.45) is 5.41 Å². The molecule has 0 radical (unpaired) electrons. The average Bonchev–Trinajstić information content (AvgIpc) is 3.03. The number of piperidine rings is 1. The summed E-state index contributed by atoms with van der Waals surface area (Å²) in [6.45, 7) is 8.67. The van der Waals surface area contributed by atoms with Crippen molar-refractivity contribution in [2.75, 3.05) is 40.3 Å². The molecule has 6 heteroatoms. The predicted octanol–water partition coefficient (Wildman–Crippen LogP) is 2.46. The van der Waals surface area contributed by atoms with E-state index in [1.807, 2.05) is 11.0 Å². The molecule has 0 aliphatic carbocycles. The standard InChI is InChI=1S/C19H29N3O2S/c1-5-21-9-6-8-19(2,13-21)18(24)22-10-7-15-14(12-22)11-16(25-15)17(23)20(3)4/h11H,5-10,12-13H2,1-4H3. The third kappa shape index (κ3) is 3.60. The van der Waals surface area contributed by atoms with Crippen LogP contribution in [0.1, 0.15) is 46.8 Å². The smallest absolute Gasteiger partial charge is 0.263 e. The van der Waals surface area contributed by atoms with E-state index in [1.165, 1.54) is 4.88 Å². The maximum atomic E-state index is 13.2. The molecular weight excluding hydrogens is 334 g/mol. The van der Waals surface area contributed by atoms with Crippen LogP contribution < -0.4 is 0 Å². The van der Waals surface area contributed by atoms with E-state index in [0.717, 1.165) is 55.9 Å². The number of fused-ring (bicyclic) bond motifs is 1. The Morgan fingerprint density at radius 3 is 2.76 bits per heavy atom. The molecule has 2 aliphatic heterocycles. The molecule has 1 unspecified atom stereocenters. The molecule has 0 bridgehead atoms. The van der Waals surface area contributed by atoms with Crippen molar-refractivity contribution in [3.63, 3.8) is 0 Å². The Bertz CT molecular complexity index is 670. The minimum atomic E-state index is -0.274. The summed E-state index contributed by atoms with van der Waals surface area (Å²) in [6.07, 6.45) is 2.93. The molecule has 0 N–H and O–H groups in total. The van der Waals surface area contributed by atoms with Crippen LogP contribution in [0.4, 0.5) is 0 Å². The van der Waals surface area contributed by atoms with Crippen molar-refractivity contribution >= 4 is 23.2 Å². The van der Waals surface area contributed by atoms with E-state index in [-0.39, 0.29) is 17.2 Å². The molecule has 25 heavy (non-hydrogen) atoms. The summed E-state index contributed by atoms with van der Waals surface area (Å²) in [7, 11) is 3.56. The van der Waals surface area contributed by atoms with Gasteiger partial charge < -0.3 is 14.7 Å². The third-order valence-electron chi connectivity index (χ3n) is 5.51. The van der Waals surface area contributed by atoms with Gasteiger partial charge >= 0.3 is 0 Å². The second-order valence-corrected chi connectivity index (χ2v) is 8.91. The topological polar surface area (TPSA) is 43.9 Å². The zero-order valence-electron chi connectivity index (χ0n) is 15.8. The monoisotopic (exact) mass is 363 g/mol. The van der Waals surface area contributed by atoms with E-state index in [2.05, 4.69) is 18.7 Å². The largest absolute Gasteiger partial charge is 0.344 e. The molecule has 3 heterocycles. The van der Waals surface area contributed by atoms with Crippen molar-refractivity contribution in [3.8, 4) is 0 Å². The Hall–Kier alpha value is -1.40. The lowest BCUT2D eigenvalue weighted by molar-refractivity contribution is -0.145. The van der Waals surface area contributed by atoms with Crippen LogP contribution in [-0.2, 0) is 17.8 Å². The van der Waals surface area contributed by atoms with E-state index in [4.69, 9.17) is 0 Å². The first-order valence-corrected chi connectivity index (χ1v) is 10.0. The Balaban J connectivity index is 1.74. The van der Waals surface area contributed by atoms with Crippen LogP contribution in [0.2, 0.25) is 0 Å². The first kappa shape index (κ1) is 18.4. The lowest BCUT2D eigenvalue weighted by Gasteiger charge is -2.42. The van der Waals surface area contributed by atoms with Gasteiger partial charge in [0, 0.05) is 38.6 Å². The minimum Gasteiger partial charge on any atom is -0.344 e. The Labute approximate surface area is 154 Å². The SMILES string of the molecule is CCN1CCCC(C)(C(=O)N2CCc3sc(C(=O)N(C)C)cc3C2)C1. The first-order chi connectivity index (χ1) is 11.8. The third-order valence-corrected chi connectivity index (χ3v) is 6.73. The van der Waals surface area contributed by atoms with Crippen LogP contribution in [0.15, 0.2) is 6.07 Å². The minimum absolute atomic E-state index is 0.0510. The van der Waals surface area contributed by atoms with E-state index >= 15 is 0 Å². The van der Waals surface area contributed by atoms with Gasteiger partial charge in [-0.25, -0.2) is 0 Å². The molecule has 1 aromatic rings. The quantitative estimate of drug-likeness (QED) is 0.829. The van der Waals surface area contributed by atoms with E-state index in [1.54, 1.807) is 30.3 Å². The Morgan fingerprint density at radius 2 is 2.08 bits per heavy atom. The Morgan fingerprint density at radius 1 is 1.32 bits per heavy atom. The molecule has 0 spiro atoms. The summed E-state index contributed by atoms with van der Waals surface area (Å²) < 4.78 is 0. The van der Waals surface area contributed by atoms with E-state index in [0.29, 0.717) is 6.54 Å². The lowest BCUT2D eigenvalue weighted by Crippen LogP contribution is -2.52. The number of amides is 2. The fourth-order valence-electron chi connectivity index (χ4n) is 4.00. The molecule has 0 aromatic carbocycles. The van der Waals surface area contributed by atoms with Crippen molar-refractivity contribution < 1.29 is 9.59 Å². The number of nitrogens with zero attached hydrogens (tertiary/aromatic N) is 3. The summed E-state index contributed by atoms with van der Waals surface area (Å²) >= 11 is 1.59. The zero-order valence-corrected chi connectivity index (χ0v) is 16.6. The van der Waals surface area contributed by atoms with Gasteiger partial charge in [-0.05, 0) is 50.9 Å². The van der Waals surface area contributed by atoms with Crippen molar-refractivity contribution in [1.82, 2.24) is 14.7 Å². The van der Waals surface area contributed by atoms with Gasteiger partial charge in [0.15, 0.2) is 0 Å². The summed E-state index contributed by atoms with van der Waals surface area (Å²) in [4.78, 5) is 33.5. The van der Waals surface area contributed by atoms with Crippen molar-refractivity contribution in [1.29, 1.82) is 0 Å². The number of carbonyl (C=O) groups is 2. The number of thiophene rings is 1. The highest BCUT2D eigenvalue weighted by Gasteiger charge is 2.41. The van der Waals surface area contributed by atoms with Gasteiger partial charge in [-0.3, -0.25) is 9.59 Å². The van der Waals surface area contributed by atoms with Crippen LogP contribution in [0.5, 0.6) is 0 Å². The molecule has 1 saturated heterocycles. The summed E-state index contributed by atoms with van der Waals surface area (Å²) in [5.41, 5.74) is 0.880. The number of likely N-dealkylation sites (tertiary alicyclic amines) is 1. The first-order valence-electron chi connectivity index (χ1n) is 9.19. The maximum Gasteiger partial charge on any atom is 0.263 e. The molecule has 2 amide bonds. The molecule has 1 fully saturated rings. The second kappa shape index (κ2) is 7.08. The number of hydrogen-bond acceptors (Lipinski definition) is 4.